The predicted octanol–water partition coefficient (Wildman–Crippen LogP) is 3.07. The van der Waals surface area contributed by atoms with Gasteiger partial charge in [-0.2, -0.15) is 0 Å². The van der Waals surface area contributed by atoms with Crippen LogP contribution in [0.25, 0.3) is 10.9 Å². The molecule has 1 saturated heterocycles. The van der Waals surface area contributed by atoms with Crippen molar-refractivity contribution in [1.82, 2.24) is 15.2 Å². The number of nitrogens with one attached hydrogen (secondary N) is 3. The van der Waals surface area contributed by atoms with Gasteiger partial charge in [-0.1, -0.05) is 18.2 Å². The normalized spacial score (nSPS) is 15.6. The van der Waals surface area contributed by atoms with E-state index in [1.54, 1.807) is 18.2 Å². The predicted molar refractivity (Wildman–Crippen MR) is 123 cm³/mol. The number of aromatic amines is 1. The Morgan fingerprint density at radius 3 is 2.67 bits per heavy atom. The number of benzene rings is 2. The van der Waals surface area contributed by atoms with E-state index < -0.39 is 12.1 Å². The molecule has 0 bridgehead atoms. The standard InChI is InChI=1S/C24H26N4O5/c1-32-20-9-7-16(13-21(20)33-2)26-22(29)10-8-19-23(30)28(24(31)27-19)12-11-15-14-25-18-6-4-3-5-17(15)18/h3-7,9,13-14,19,25H,8,10-12H2,1-2H3,(H,26,29)(H,27,31)/t19-/m0/s1. The SMILES string of the molecule is COc1ccc(NC(=O)CC[C@@H]2NC(=O)N(CCc3c[nH]c4ccccc34)C2=O)cc1OC. The van der Waals surface area contributed by atoms with Crippen molar-refractivity contribution in [1.29, 1.82) is 0 Å². The third kappa shape index (κ3) is 4.77. The summed E-state index contributed by atoms with van der Waals surface area (Å²) in [5.41, 5.74) is 2.62. The molecule has 4 amide bonds. The molecule has 0 spiro atoms. The molecule has 1 aromatic heterocycles. The molecule has 3 N–H and O–H groups in total. The van der Waals surface area contributed by atoms with Gasteiger partial charge in [0.2, 0.25) is 5.91 Å². The van der Waals surface area contributed by atoms with Crippen LogP contribution in [0.3, 0.4) is 0 Å². The molecular formula is C24H26N4O5. The first-order chi connectivity index (χ1) is 16.0. The number of amides is 4. The van der Waals surface area contributed by atoms with Crippen LogP contribution < -0.4 is 20.1 Å². The first kappa shape index (κ1) is 22.2. The van der Waals surface area contributed by atoms with E-state index in [0.29, 0.717) is 23.6 Å². The fraction of sp³-hybridized carbons (Fsp3) is 0.292. The number of H-pyrrole nitrogens is 1. The lowest BCUT2D eigenvalue weighted by Crippen LogP contribution is -2.33. The van der Waals surface area contributed by atoms with E-state index in [0.717, 1.165) is 16.5 Å². The van der Waals surface area contributed by atoms with Gasteiger partial charge < -0.3 is 25.1 Å². The third-order valence-electron chi connectivity index (χ3n) is 5.71. The highest BCUT2D eigenvalue weighted by molar-refractivity contribution is 6.04. The highest BCUT2D eigenvalue weighted by atomic mass is 16.5. The topological polar surface area (TPSA) is 113 Å². The van der Waals surface area contributed by atoms with Crippen LogP contribution in [0.5, 0.6) is 11.5 Å². The number of nitrogens with zero attached hydrogens (tertiary/aromatic N) is 1. The number of carbonyl (C=O) groups excluding carboxylic acids is 3. The minimum Gasteiger partial charge on any atom is -0.493 e. The number of aromatic nitrogens is 1. The Balaban J connectivity index is 1.30. The second-order valence-corrected chi connectivity index (χ2v) is 7.76. The first-order valence-electron chi connectivity index (χ1n) is 10.7. The maximum Gasteiger partial charge on any atom is 0.324 e. The average Bonchev–Trinajstić information content (AvgIpc) is 3.36. The number of urea groups is 1. The monoisotopic (exact) mass is 450 g/mol. The molecule has 1 aliphatic rings. The van der Waals surface area contributed by atoms with E-state index >= 15 is 0 Å². The summed E-state index contributed by atoms with van der Waals surface area (Å²) in [5.74, 6) is 0.488. The second-order valence-electron chi connectivity index (χ2n) is 7.76. The molecule has 33 heavy (non-hydrogen) atoms. The van der Waals surface area contributed by atoms with E-state index in [-0.39, 0.29) is 31.2 Å². The first-order valence-corrected chi connectivity index (χ1v) is 10.7. The van der Waals surface area contributed by atoms with Gasteiger partial charge in [0.05, 0.1) is 14.2 Å². The summed E-state index contributed by atoms with van der Waals surface area (Å²) in [7, 11) is 3.05. The van der Waals surface area contributed by atoms with Crippen molar-refractivity contribution in [2.24, 2.45) is 0 Å². The van der Waals surface area contributed by atoms with E-state index in [4.69, 9.17) is 9.47 Å². The fourth-order valence-corrected chi connectivity index (χ4v) is 3.97. The highest BCUT2D eigenvalue weighted by Crippen LogP contribution is 2.29. The van der Waals surface area contributed by atoms with Gasteiger partial charge in [0.25, 0.3) is 5.91 Å². The lowest BCUT2D eigenvalue weighted by Gasteiger charge is -2.13. The Bertz CT molecular complexity index is 1190. The lowest BCUT2D eigenvalue weighted by molar-refractivity contribution is -0.127. The zero-order valence-corrected chi connectivity index (χ0v) is 18.5. The third-order valence-corrected chi connectivity index (χ3v) is 5.71. The van der Waals surface area contributed by atoms with Crippen molar-refractivity contribution < 1.29 is 23.9 Å². The number of hydrogen-bond donors (Lipinski definition) is 3. The summed E-state index contributed by atoms with van der Waals surface area (Å²) in [6.07, 6.45) is 2.75. The summed E-state index contributed by atoms with van der Waals surface area (Å²) in [4.78, 5) is 41.9. The molecule has 172 valence electrons. The van der Waals surface area contributed by atoms with Crippen molar-refractivity contribution in [3.05, 3.63) is 54.2 Å². The second kappa shape index (κ2) is 9.64. The van der Waals surface area contributed by atoms with Crippen molar-refractivity contribution in [3.8, 4) is 11.5 Å². The molecule has 0 unspecified atom stereocenters. The van der Waals surface area contributed by atoms with Crippen molar-refractivity contribution in [3.63, 3.8) is 0 Å². The minimum absolute atomic E-state index is 0.0846. The van der Waals surface area contributed by atoms with Gasteiger partial charge >= 0.3 is 6.03 Å². The van der Waals surface area contributed by atoms with Crippen LogP contribution in [0.2, 0.25) is 0 Å². The molecule has 1 fully saturated rings. The smallest absolute Gasteiger partial charge is 0.324 e. The number of fused-ring (bicyclic) bond motifs is 1. The molecule has 1 atom stereocenters. The molecule has 4 rings (SSSR count). The van der Waals surface area contributed by atoms with E-state index in [1.807, 2.05) is 30.5 Å². The van der Waals surface area contributed by atoms with Crippen molar-refractivity contribution >= 4 is 34.4 Å². The summed E-state index contributed by atoms with van der Waals surface area (Å²) in [6, 6.07) is 11.8. The molecule has 1 aliphatic heterocycles. The number of anilines is 1. The van der Waals surface area contributed by atoms with Crippen LogP contribution in [-0.2, 0) is 16.0 Å². The molecule has 9 nitrogen and oxygen atoms in total. The number of carbonyl (C=O) groups is 3. The number of para-hydroxylation sites is 1. The van der Waals surface area contributed by atoms with Gasteiger partial charge in [-0.15, -0.1) is 0 Å². The van der Waals surface area contributed by atoms with Crippen LogP contribution in [0.1, 0.15) is 18.4 Å². The maximum atomic E-state index is 12.7. The van der Waals surface area contributed by atoms with Gasteiger partial charge in [0.1, 0.15) is 6.04 Å². The number of ether oxygens (including phenoxy) is 2. The van der Waals surface area contributed by atoms with E-state index in [9.17, 15) is 14.4 Å². The van der Waals surface area contributed by atoms with Crippen LogP contribution in [-0.4, -0.2) is 54.5 Å². The lowest BCUT2D eigenvalue weighted by atomic mass is 10.1. The summed E-state index contributed by atoms with van der Waals surface area (Å²) in [5, 5.41) is 6.54. The van der Waals surface area contributed by atoms with Gasteiger partial charge in [-0.25, -0.2) is 4.79 Å². The van der Waals surface area contributed by atoms with E-state index in [2.05, 4.69) is 15.6 Å². The quantitative estimate of drug-likeness (QED) is 0.434. The van der Waals surface area contributed by atoms with E-state index in [1.165, 1.54) is 19.1 Å². The molecule has 9 heteroatoms. The summed E-state index contributed by atoms with van der Waals surface area (Å²) in [6.45, 7) is 0.279. The summed E-state index contributed by atoms with van der Waals surface area (Å²) < 4.78 is 10.4. The van der Waals surface area contributed by atoms with Crippen LogP contribution in [0.4, 0.5) is 10.5 Å². The maximum absolute atomic E-state index is 12.7. The number of methoxy groups -OCH3 is 2. The molecule has 0 radical (unpaired) electrons. The Kier molecular flexibility index (Phi) is 6.48. The Morgan fingerprint density at radius 2 is 1.88 bits per heavy atom. The molecule has 0 aliphatic carbocycles. The van der Waals surface area contributed by atoms with Gasteiger partial charge in [0.15, 0.2) is 11.5 Å². The molecule has 0 saturated carbocycles. The highest BCUT2D eigenvalue weighted by Gasteiger charge is 2.37. The molecular weight excluding hydrogens is 424 g/mol. The van der Waals surface area contributed by atoms with Gasteiger partial charge in [-0.3, -0.25) is 14.5 Å². The Hall–Kier alpha value is -4.01. The van der Waals surface area contributed by atoms with Crippen molar-refractivity contribution in [2.75, 3.05) is 26.1 Å². The van der Waals surface area contributed by atoms with Crippen LogP contribution >= 0.6 is 0 Å². The zero-order valence-electron chi connectivity index (χ0n) is 18.5. The van der Waals surface area contributed by atoms with Crippen molar-refractivity contribution in [2.45, 2.75) is 25.3 Å². The fourth-order valence-electron chi connectivity index (χ4n) is 3.97. The minimum atomic E-state index is -0.711. The van der Waals surface area contributed by atoms with Gasteiger partial charge in [-0.05, 0) is 36.6 Å². The number of rotatable bonds is 9. The van der Waals surface area contributed by atoms with Crippen LogP contribution in [0, 0.1) is 0 Å². The molecule has 2 heterocycles. The largest absolute Gasteiger partial charge is 0.493 e. The Morgan fingerprint density at radius 1 is 1.09 bits per heavy atom. The Labute approximate surface area is 191 Å². The number of hydrogen-bond acceptors (Lipinski definition) is 5. The molecule has 3 aromatic rings. The van der Waals surface area contributed by atoms with Crippen LogP contribution in [0.15, 0.2) is 48.7 Å². The number of imide groups is 1. The average molecular weight is 450 g/mol. The molecule has 2 aromatic carbocycles. The van der Waals surface area contributed by atoms with Gasteiger partial charge in [0, 0.05) is 41.8 Å². The zero-order chi connectivity index (χ0) is 23.4. The summed E-state index contributed by atoms with van der Waals surface area (Å²) >= 11 is 0.